The molecule has 112 valence electrons. The van der Waals surface area contributed by atoms with E-state index in [1.165, 1.54) is 11.1 Å². The minimum absolute atomic E-state index is 0.469. The Morgan fingerprint density at radius 3 is 2.57 bits per heavy atom. The molecule has 4 heteroatoms. The van der Waals surface area contributed by atoms with Crippen LogP contribution in [0.1, 0.15) is 22.3 Å². The molecule has 0 heterocycles. The van der Waals surface area contributed by atoms with Crippen LogP contribution in [0.25, 0.3) is 0 Å². The predicted molar refractivity (Wildman–Crippen MR) is 90.9 cm³/mol. The molecule has 0 aliphatic carbocycles. The summed E-state index contributed by atoms with van der Waals surface area (Å²) in [7, 11) is 1.62. The standard InChI is InChI=1S/C17H18BrClO2/c1-11-4-5-12(2)14(6-11)10-21-17-15(19)7-13(9-18)8-16(17)20-3/h4-8H,9-10H2,1-3H3. The number of benzene rings is 2. The molecular weight excluding hydrogens is 352 g/mol. The van der Waals surface area contributed by atoms with Gasteiger partial charge in [-0.05, 0) is 42.7 Å². The smallest absolute Gasteiger partial charge is 0.180 e. The molecule has 0 aromatic heterocycles. The number of ether oxygens (including phenoxy) is 2. The Balaban J connectivity index is 2.25. The average molecular weight is 370 g/mol. The molecule has 0 aliphatic heterocycles. The van der Waals surface area contributed by atoms with Crippen molar-refractivity contribution in [2.24, 2.45) is 0 Å². The molecule has 0 atom stereocenters. The van der Waals surface area contributed by atoms with Crippen LogP contribution in [-0.4, -0.2) is 7.11 Å². The van der Waals surface area contributed by atoms with Gasteiger partial charge in [-0.3, -0.25) is 0 Å². The van der Waals surface area contributed by atoms with Gasteiger partial charge in [0.15, 0.2) is 11.5 Å². The molecule has 0 N–H and O–H groups in total. The highest BCUT2D eigenvalue weighted by atomic mass is 79.9. The maximum Gasteiger partial charge on any atom is 0.180 e. The second kappa shape index (κ2) is 7.19. The number of methoxy groups -OCH3 is 1. The molecule has 0 amide bonds. The van der Waals surface area contributed by atoms with Crippen molar-refractivity contribution in [3.8, 4) is 11.5 Å². The fourth-order valence-corrected chi connectivity index (χ4v) is 2.71. The number of aryl methyl sites for hydroxylation is 2. The summed E-state index contributed by atoms with van der Waals surface area (Å²) >= 11 is 9.72. The van der Waals surface area contributed by atoms with Crippen LogP contribution < -0.4 is 9.47 Å². The topological polar surface area (TPSA) is 18.5 Å². The van der Waals surface area contributed by atoms with Crippen molar-refractivity contribution in [2.75, 3.05) is 7.11 Å². The van der Waals surface area contributed by atoms with Crippen LogP contribution >= 0.6 is 27.5 Å². The second-order valence-corrected chi connectivity index (χ2v) is 5.93. The first-order valence-electron chi connectivity index (χ1n) is 6.66. The lowest BCUT2D eigenvalue weighted by Gasteiger charge is -2.15. The van der Waals surface area contributed by atoms with Crippen molar-refractivity contribution in [3.05, 3.63) is 57.6 Å². The van der Waals surface area contributed by atoms with Gasteiger partial charge in [0.25, 0.3) is 0 Å². The fraction of sp³-hybridized carbons (Fsp3) is 0.294. The number of hydrogen-bond donors (Lipinski definition) is 0. The molecule has 0 fully saturated rings. The van der Waals surface area contributed by atoms with Gasteiger partial charge < -0.3 is 9.47 Å². The molecule has 0 spiro atoms. The summed E-state index contributed by atoms with van der Waals surface area (Å²) in [6.07, 6.45) is 0. The third kappa shape index (κ3) is 3.92. The fourth-order valence-electron chi connectivity index (χ4n) is 2.10. The highest BCUT2D eigenvalue weighted by molar-refractivity contribution is 9.08. The lowest BCUT2D eigenvalue weighted by Crippen LogP contribution is -2.01. The molecule has 0 unspecified atom stereocenters. The first kappa shape index (κ1) is 16.2. The zero-order chi connectivity index (χ0) is 15.4. The summed E-state index contributed by atoms with van der Waals surface area (Å²) in [5.41, 5.74) is 4.62. The third-order valence-corrected chi connectivity index (χ3v) is 4.25. The van der Waals surface area contributed by atoms with Gasteiger partial charge in [-0.1, -0.05) is 51.3 Å². The maximum atomic E-state index is 6.30. The van der Waals surface area contributed by atoms with Crippen molar-refractivity contribution < 1.29 is 9.47 Å². The van der Waals surface area contributed by atoms with Crippen LogP contribution in [0.5, 0.6) is 11.5 Å². The van der Waals surface area contributed by atoms with Gasteiger partial charge in [-0.15, -0.1) is 0 Å². The van der Waals surface area contributed by atoms with Gasteiger partial charge in [-0.25, -0.2) is 0 Å². The summed E-state index contributed by atoms with van der Waals surface area (Å²) in [6.45, 7) is 4.61. The number of alkyl halides is 1. The zero-order valence-corrected chi connectivity index (χ0v) is 14.7. The third-order valence-electron chi connectivity index (χ3n) is 3.32. The van der Waals surface area contributed by atoms with Crippen molar-refractivity contribution >= 4 is 27.5 Å². The van der Waals surface area contributed by atoms with Crippen molar-refractivity contribution in [3.63, 3.8) is 0 Å². The van der Waals surface area contributed by atoms with Gasteiger partial charge >= 0.3 is 0 Å². The molecule has 2 rings (SSSR count). The van der Waals surface area contributed by atoms with E-state index in [0.717, 1.165) is 16.5 Å². The molecule has 2 aromatic rings. The van der Waals surface area contributed by atoms with Crippen LogP contribution in [0.3, 0.4) is 0 Å². The van der Waals surface area contributed by atoms with Crippen molar-refractivity contribution in [1.29, 1.82) is 0 Å². The van der Waals surface area contributed by atoms with E-state index in [4.69, 9.17) is 21.1 Å². The monoisotopic (exact) mass is 368 g/mol. The Hall–Kier alpha value is -1.19. The lowest BCUT2D eigenvalue weighted by molar-refractivity contribution is 0.284. The van der Waals surface area contributed by atoms with Crippen LogP contribution in [-0.2, 0) is 11.9 Å². The van der Waals surface area contributed by atoms with Gasteiger partial charge in [0, 0.05) is 5.33 Å². The molecular formula is C17H18BrClO2. The van der Waals surface area contributed by atoms with Gasteiger partial charge in [0.05, 0.1) is 12.1 Å². The van der Waals surface area contributed by atoms with E-state index in [1.807, 2.05) is 12.1 Å². The van der Waals surface area contributed by atoms with E-state index < -0.39 is 0 Å². The molecule has 0 bridgehead atoms. The Labute approximate surface area is 139 Å². The number of halogens is 2. The highest BCUT2D eigenvalue weighted by Gasteiger charge is 2.12. The van der Waals surface area contributed by atoms with Crippen molar-refractivity contribution in [1.82, 2.24) is 0 Å². The van der Waals surface area contributed by atoms with Crippen LogP contribution in [0.4, 0.5) is 0 Å². The molecule has 0 radical (unpaired) electrons. The maximum absolute atomic E-state index is 6.30. The van der Waals surface area contributed by atoms with E-state index in [0.29, 0.717) is 23.1 Å². The zero-order valence-electron chi connectivity index (χ0n) is 12.4. The van der Waals surface area contributed by atoms with Crippen LogP contribution in [0.2, 0.25) is 5.02 Å². The van der Waals surface area contributed by atoms with E-state index in [9.17, 15) is 0 Å². The number of rotatable bonds is 5. The summed E-state index contributed by atoms with van der Waals surface area (Å²) in [6, 6.07) is 10.1. The van der Waals surface area contributed by atoms with Gasteiger partial charge in [0.1, 0.15) is 6.61 Å². The van der Waals surface area contributed by atoms with Crippen LogP contribution in [0, 0.1) is 13.8 Å². The first-order chi connectivity index (χ1) is 10.0. The van der Waals surface area contributed by atoms with Gasteiger partial charge in [-0.2, -0.15) is 0 Å². The molecule has 2 aromatic carbocycles. The summed E-state index contributed by atoms with van der Waals surface area (Å²) in [5.74, 6) is 1.24. The predicted octanol–water partition coefficient (Wildman–Crippen LogP) is 5.44. The van der Waals surface area contributed by atoms with Crippen LogP contribution in [0.15, 0.2) is 30.3 Å². The SMILES string of the molecule is COc1cc(CBr)cc(Cl)c1OCc1cc(C)ccc1C. The summed E-state index contributed by atoms with van der Waals surface area (Å²) in [4.78, 5) is 0. The Morgan fingerprint density at radius 1 is 1.14 bits per heavy atom. The summed E-state index contributed by atoms with van der Waals surface area (Å²) in [5, 5.41) is 1.29. The van der Waals surface area contributed by atoms with Gasteiger partial charge in [0.2, 0.25) is 0 Å². The molecule has 0 aliphatic rings. The lowest BCUT2D eigenvalue weighted by atomic mass is 10.1. The van der Waals surface area contributed by atoms with E-state index in [2.05, 4.69) is 48.0 Å². The average Bonchev–Trinajstić information content (AvgIpc) is 2.48. The highest BCUT2D eigenvalue weighted by Crippen LogP contribution is 2.37. The minimum atomic E-state index is 0.469. The molecule has 21 heavy (non-hydrogen) atoms. The second-order valence-electron chi connectivity index (χ2n) is 4.96. The Bertz CT molecular complexity index is 641. The Kier molecular flexibility index (Phi) is 5.54. The van der Waals surface area contributed by atoms with E-state index in [-0.39, 0.29) is 0 Å². The molecule has 0 saturated heterocycles. The molecule has 2 nitrogen and oxygen atoms in total. The Morgan fingerprint density at radius 2 is 1.90 bits per heavy atom. The normalized spacial score (nSPS) is 10.5. The van der Waals surface area contributed by atoms with Crippen molar-refractivity contribution in [2.45, 2.75) is 25.8 Å². The largest absolute Gasteiger partial charge is 0.493 e. The number of hydrogen-bond acceptors (Lipinski definition) is 2. The van der Waals surface area contributed by atoms with E-state index >= 15 is 0 Å². The first-order valence-corrected chi connectivity index (χ1v) is 8.16. The van der Waals surface area contributed by atoms with E-state index in [1.54, 1.807) is 7.11 Å². The minimum Gasteiger partial charge on any atom is -0.493 e. The summed E-state index contributed by atoms with van der Waals surface area (Å²) < 4.78 is 11.3. The molecule has 0 saturated carbocycles. The quantitative estimate of drug-likeness (QED) is 0.653.